The number of rotatable bonds is 13. The molecule has 0 bridgehead atoms. The molecular formula is C26H40N6O6. The van der Waals surface area contributed by atoms with Gasteiger partial charge in [0.15, 0.2) is 5.96 Å². The lowest BCUT2D eigenvalue weighted by Gasteiger charge is -2.34. The number of alkyl carbamates (subject to hydrolysis) is 1. The molecule has 210 valence electrons. The average molecular weight is 533 g/mol. The number of ether oxygens (including phenoxy) is 1. The minimum atomic E-state index is -1.13. The molecule has 38 heavy (non-hydrogen) atoms. The largest absolute Gasteiger partial charge is 0.480 e. The molecule has 0 unspecified atom stereocenters. The van der Waals surface area contributed by atoms with Gasteiger partial charge in [0.2, 0.25) is 11.8 Å². The van der Waals surface area contributed by atoms with Gasteiger partial charge in [-0.05, 0) is 43.6 Å². The van der Waals surface area contributed by atoms with Gasteiger partial charge in [0.05, 0.1) is 0 Å². The lowest BCUT2D eigenvalue weighted by molar-refractivity contribution is -0.143. The van der Waals surface area contributed by atoms with Gasteiger partial charge in [-0.3, -0.25) is 14.6 Å². The van der Waals surface area contributed by atoms with Crippen LogP contribution in [0.3, 0.4) is 0 Å². The Bertz CT molecular complexity index is 958. The summed E-state index contributed by atoms with van der Waals surface area (Å²) in [5.74, 6) is -2.04. The van der Waals surface area contributed by atoms with Gasteiger partial charge in [-0.2, -0.15) is 0 Å². The molecule has 0 aliphatic carbocycles. The van der Waals surface area contributed by atoms with E-state index >= 15 is 0 Å². The highest BCUT2D eigenvalue weighted by Crippen LogP contribution is 2.20. The van der Waals surface area contributed by atoms with Crippen molar-refractivity contribution in [2.24, 2.45) is 28.3 Å². The Morgan fingerprint density at radius 3 is 2.32 bits per heavy atom. The second-order valence-electron chi connectivity index (χ2n) is 9.84. The normalized spacial score (nSPS) is 15.3. The third-order valence-corrected chi connectivity index (χ3v) is 6.25. The molecule has 1 heterocycles. The molecule has 0 spiro atoms. The zero-order valence-corrected chi connectivity index (χ0v) is 22.1. The van der Waals surface area contributed by atoms with Crippen LogP contribution in [0.4, 0.5) is 4.79 Å². The summed E-state index contributed by atoms with van der Waals surface area (Å²) >= 11 is 0. The number of hydrogen-bond acceptors (Lipinski definition) is 6. The number of nitrogens with zero attached hydrogens (tertiary/aromatic N) is 2. The van der Waals surface area contributed by atoms with E-state index in [9.17, 15) is 24.3 Å². The molecule has 0 saturated carbocycles. The molecule has 12 nitrogen and oxygen atoms in total. The first kappa shape index (κ1) is 30.4. The van der Waals surface area contributed by atoms with E-state index in [4.69, 9.17) is 16.2 Å². The van der Waals surface area contributed by atoms with Gasteiger partial charge in [0.1, 0.15) is 18.7 Å². The number of guanidine groups is 1. The number of hydrogen-bond donors (Lipinski definition) is 5. The minimum Gasteiger partial charge on any atom is -0.480 e. The van der Waals surface area contributed by atoms with Crippen molar-refractivity contribution in [2.45, 2.75) is 64.6 Å². The molecule has 1 saturated heterocycles. The van der Waals surface area contributed by atoms with Crippen molar-refractivity contribution in [1.29, 1.82) is 0 Å². The molecular weight excluding hydrogens is 492 g/mol. The van der Waals surface area contributed by atoms with Gasteiger partial charge < -0.3 is 36.8 Å². The minimum absolute atomic E-state index is 0.0721. The SMILES string of the molecule is CC(C)C[C@@H](NC(=O)OCc1ccccc1)C(=O)N1CCC(C(=O)N[C@H](CCCN=C(N)N)C(=O)O)CC1. The maximum Gasteiger partial charge on any atom is 0.408 e. The molecule has 3 amide bonds. The maximum absolute atomic E-state index is 13.2. The zero-order valence-electron chi connectivity index (χ0n) is 22.1. The highest BCUT2D eigenvalue weighted by Gasteiger charge is 2.33. The second-order valence-corrected chi connectivity index (χ2v) is 9.84. The summed E-state index contributed by atoms with van der Waals surface area (Å²) in [5, 5.41) is 14.7. The van der Waals surface area contributed by atoms with E-state index in [1.54, 1.807) is 4.90 Å². The average Bonchev–Trinajstić information content (AvgIpc) is 2.88. The molecule has 0 aromatic heterocycles. The number of carbonyl (C=O) groups is 4. The molecule has 12 heteroatoms. The molecule has 0 radical (unpaired) electrons. The van der Waals surface area contributed by atoms with Crippen LogP contribution in [0, 0.1) is 11.8 Å². The second kappa shape index (κ2) is 15.4. The van der Waals surface area contributed by atoms with Gasteiger partial charge in [-0.15, -0.1) is 0 Å². The van der Waals surface area contributed by atoms with E-state index in [0.29, 0.717) is 38.8 Å². The number of carboxylic acids is 1. The Balaban J connectivity index is 1.86. The number of benzene rings is 1. The molecule has 2 atom stereocenters. The van der Waals surface area contributed by atoms with Crippen molar-refractivity contribution < 1.29 is 29.0 Å². The van der Waals surface area contributed by atoms with E-state index in [1.165, 1.54) is 0 Å². The lowest BCUT2D eigenvalue weighted by atomic mass is 9.94. The van der Waals surface area contributed by atoms with Crippen LogP contribution in [0.1, 0.15) is 51.5 Å². The van der Waals surface area contributed by atoms with Crippen molar-refractivity contribution in [3.8, 4) is 0 Å². The maximum atomic E-state index is 13.2. The van der Waals surface area contributed by atoms with Crippen LogP contribution in [0.5, 0.6) is 0 Å². The van der Waals surface area contributed by atoms with Crippen molar-refractivity contribution >= 4 is 29.8 Å². The van der Waals surface area contributed by atoms with E-state index < -0.39 is 30.1 Å². The van der Waals surface area contributed by atoms with Gasteiger partial charge >= 0.3 is 12.1 Å². The monoisotopic (exact) mass is 532 g/mol. The van der Waals surface area contributed by atoms with Crippen molar-refractivity contribution in [3.05, 3.63) is 35.9 Å². The number of aliphatic carboxylic acids is 1. The highest BCUT2D eigenvalue weighted by atomic mass is 16.5. The quantitative estimate of drug-likeness (QED) is 0.142. The molecule has 1 aliphatic rings. The predicted octanol–water partition coefficient (Wildman–Crippen LogP) is 1.19. The predicted molar refractivity (Wildman–Crippen MR) is 142 cm³/mol. The molecule has 1 aromatic carbocycles. The number of carboxylic acid groups (broad SMARTS) is 1. The molecule has 1 aromatic rings. The van der Waals surface area contributed by atoms with Crippen LogP contribution in [-0.4, -0.2) is 71.6 Å². The van der Waals surface area contributed by atoms with Crippen LogP contribution >= 0.6 is 0 Å². The van der Waals surface area contributed by atoms with Crippen LogP contribution in [-0.2, 0) is 25.7 Å². The van der Waals surface area contributed by atoms with Crippen LogP contribution in [0.15, 0.2) is 35.3 Å². The fourth-order valence-corrected chi connectivity index (χ4v) is 4.23. The zero-order chi connectivity index (χ0) is 28.1. The number of piperidine rings is 1. The molecule has 7 N–H and O–H groups in total. The Hall–Kier alpha value is -3.83. The summed E-state index contributed by atoms with van der Waals surface area (Å²) in [6.07, 6.45) is 1.16. The number of nitrogens with one attached hydrogen (secondary N) is 2. The molecule has 2 rings (SSSR count). The van der Waals surface area contributed by atoms with E-state index in [2.05, 4.69) is 15.6 Å². The third kappa shape index (κ3) is 10.7. The Labute approximate surface area is 223 Å². The summed E-state index contributed by atoms with van der Waals surface area (Å²) in [6, 6.07) is 7.47. The first-order valence-corrected chi connectivity index (χ1v) is 12.9. The summed E-state index contributed by atoms with van der Waals surface area (Å²) < 4.78 is 5.29. The smallest absolute Gasteiger partial charge is 0.408 e. The lowest BCUT2D eigenvalue weighted by Crippen LogP contribution is -2.53. The number of likely N-dealkylation sites (tertiary alicyclic amines) is 1. The van der Waals surface area contributed by atoms with Gasteiger partial charge in [0, 0.05) is 25.6 Å². The van der Waals surface area contributed by atoms with Crippen LogP contribution in [0.25, 0.3) is 0 Å². The summed E-state index contributed by atoms with van der Waals surface area (Å²) in [5.41, 5.74) is 11.4. The first-order valence-electron chi connectivity index (χ1n) is 12.9. The summed E-state index contributed by atoms with van der Waals surface area (Å²) in [4.78, 5) is 55.4. The van der Waals surface area contributed by atoms with Gasteiger partial charge in [-0.1, -0.05) is 44.2 Å². The van der Waals surface area contributed by atoms with E-state index in [0.717, 1.165) is 5.56 Å². The number of amides is 3. The van der Waals surface area contributed by atoms with E-state index in [-0.39, 0.29) is 43.3 Å². The first-order chi connectivity index (χ1) is 18.1. The summed E-state index contributed by atoms with van der Waals surface area (Å²) in [6.45, 7) is 4.95. The van der Waals surface area contributed by atoms with Crippen LogP contribution in [0.2, 0.25) is 0 Å². The standard InChI is InChI=1S/C26H40N6O6/c1-17(2)15-21(31-26(37)38-16-18-7-4-3-5-8-18)23(34)32-13-10-19(11-14-32)22(33)30-20(24(35)36)9-6-12-29-25(27)28/h3-5,7-8,17,19-21H,6,9-16H2,1-2H3,(H,30,33)(H,31,37)(H,35,36)(H4,27,28,29)/t20-,21-/m1/s1. The highest BCUT2D eigenvalue weighted by molar-refractivity contribution is 5.87. The fourth-order valence-electron chi connectivity index (χ4n) is 4.23. The van der Waals surface area contributed by atoms with Crippen molar-refractivity contribution in [3.63, 3.8) is 0 Å². The Morgan fingerprint density at radius 1 is 1.08 bits per heavy atom. The number of carbonyl (C=O) groups excluding carboxylic acids is 3. The van der Waals surface area contributed by atoms with Crippen LogP contribution < -0.4 is 22.1 Å². The van der Waals surface area contributed by atoms with E-state index in [1.807, 2.05) is 44.2 Å². The Kier molecular flexibility index (Phi) is 12.3. The topological polar surface area (TPSA) is 189 Å². The number of aliphatic imine (C=N–C) groups is 1. The van der Waals surface area contributed by atoms with Gasteiger partial charge in [-0.25, -0.2) is 9.59 Å². The van der Waals surface area contributed by atoms with Crippen molar-refractivity contribution in [1.82, 2.24) is 15.5 Å². The molecule has 1 aliphatic heterocycles. The Morgan fingerprint density at radius 2 is 1.74 bits per heavy atom. The molecule has 1 fully saturated rings. The fraction of sp³-hybridized carbons (Fsp3) is 0.577. The van der Waals surface area contributed by atoms with Gasteiger partial charge in [0.25, 0.3) is 0 Å². The van der Waals surface area contributed by atoms with Crippen molar-refractivity contribution in [2.75, 3.05) is 19.6 Å². The third-order valence-electron chi connectivity index (χ3n) is 6.25. The number of nitrogens with two attached hydrogens (primary N) is 2. The summed E-state index contributed by atoms with van der Waals surface area (Å²) in [7, 11) is 0.